The molecule has 11 nitrogen and oxygen atoms in total. The highest BCUT2D eigenvalue weighted by Gasteiger charge is 2.35. The molecule has 13 rings (SSSR count). The summed E-state index contributed by atoms with van der Waals surface area (Å²) in [5.74, 6) is 0. The van der Waals surface area contributed by atoms with Gasteiger partial charge >= 0.3 is 6.18 Å². The fraction of sp³-hybridized carbons (Fsp3) is 0.0260. The first-order valence-electron chi connectivity index (χ1n) is 27.9. The van der Waals surface area contributed by atoms with Crippen LogP contribution in [0.5, 0.6) is 0 Å². The molecule has 0 aliphatic rings. The Morgan fingerprint density at radius 1 is 0.363 bits per heavy atom. The van der Waals surface area contributed by atoms with Gasteiger partial charge in [-0.05, 0) is 177 Å². The summed E-state index contributed by atoms with van der Waals surface area (Å²) >= 11 is 0. The van der Waals surface area contributed by atoms with Gasteiger partial charge in [-0.3, -0.25) is 0 Å². The molecule has 0 aliphatic carbocycles. The van der Waals surface area contributed by atoms with Crippen LogP contribution in [0.1, 0.15) is 33.4 Å². The van der Waals surface area contributed by atoms with Crippen LogP contribution in [0.3, 0.4) is 0 Å². The van der Waals surface area contributed by atoms with E-state index in [2.05, 4.69) is 48.5 Å². The summed E-state index contributed by atoms with van der Waals surface area (Å²) < 4.78 is 50.1. The molecule has 0 radical (unpaired) electrons. The van der Waals surface area contributed by atoms with Gasteiger partial charge in [-0.25, -0.2) is 24.2 Å². The van der Waals surface area contributed by atoms with Gasteiger partial charge in [0.05, 0.1) is 107 Å². The SMILES string of the molecule is [C-]#[N+]c1ccc(-c2ccc3c(c2)c2cc(-c4ccc([N+]#[C-])cc4[N+]#[C-])ccc2n3-c2cc(-c3c(C)cccc3C(F)(F)F)ccc2-c2cc([N+]#[C-])ccc2-n2c3ccc(-c4ccc(C#N)cc4C#N)cc3c3cc(-c4ccc(C#N)cc4[N+]#[C-])ccc32)c(C#N)c1. The molecule has 0 unspecified atom stereocenters. The lowest BCUT2D eigenvalue weighted by atomic mass is 9.91. The second-order valence-electron chi connectivity index (χ2n) is 21.5. The normalized spacial score (nSPS) is 11.0. The Morgan fingerprint density at radius 3 is 1.31 bits per heavy atom. The Labute approximate surface area is 519 Å². The molecule has 420 valence electrons. The second-order valence-corrected chi connectivity index (χ2v) is 21.5. The molecule has 0 N–H and O–H groups in total. The lowest BCUT2D eigenvalue weighted by Crippen LogP contribution is -2.08. The van der Waals surface area contributed by atoms with Crippen molar-refractivity contribution in [3.8, 4) is 102 Å². The summed E-state index contributed by atoms with van der Waals surface area (Å²) in [7, 11) is 0. The van der Waals surface area contributed by atoms with Crippen molar-refractivity contribution in [3.05, 3.63) is 291 Å². The van der Waals surface area contributed by atoms with Crippen molar-refractivity contribution >= 4 is 72.0 Å². The zero-order chi connectivity index (χ0) is 63.4. The molecule has 0 spiro atoms. The first-order chi connectivity index (χ1) is 44.2. The number of aryl methyl sites for hydroxylation is 1. The van der Waals surface area contributed by atoms with Crippen molar-refractivity contribution in [1.29, 1.82) is 21.0 Å². The Balaban J connectivity index is 1.14. The molecule has 0 bridgehead atoms. The van der Waals surface area contributed by atoms with E-state index in [4.69, 9.17) is 32.9 Å². The van der Waals surface area contributed by atoms with Crippen LogP contribution >= 0.6 is 0 Å². The number of halogens is 3. The van der Waals surface area contributed by atoms with Crippen LogP contribution in [0.4, 0.5) is 41.6 Å². The van der Waals surface area contributed by atoms with Crippen LogP contribution in [0.25, 0.3) is 146 Å². The minimum absolute atomic E-state index is 0.0378. The predicted octanol–water partition coefficient (Wildman–Crippen LogP) is 21.5. The zero-order valence-corrected chi connectivity index (χ0v) is 47.6. The highest BCUT2D eigenvalue weighted by Crippen LogP contribution is 2.48. The van der Waals surface area contributed by atoms with E-state index in [1.54, 1.807) is 91.9 Å². The van der Waals surface area contributed by atoms with E-state index in [0.717, 1.165) is 16.8 Å². The maximum atomic E-state index is 15.4. The second kappa shape index (κ2) is 22.3. The number of nitrogens with zero attached hydrogens (tertiary/aromatic N) is 11. The van der Waals surface area contributed by atoms with Gasteiger partial charge < -0.3 is 9.13 Å². The van der Waals surface area contributed by atoms with Gasteiger partial charge in [0.25, 0.3) is 0 Å². The fourth-order valence-corrected chi connectivity index (χ4v) is 12.4. The summed E-state index contributed by atoms with van der Waals surface area (Å²) in [5, 5.41) is 43.1. The third kappa shape index (κ3) is 9.50. The first kappa shape index (κ1) is 56.4. The van der Waals surface area contributed by atoms with Crippen LogP contribution in [0, 0.1) is 85.1 Å². The van der Waals surface area contributed by atoms with Gasteiger partial charge in [0.1, 0.15) is 0 Å². The molecule has 0 atom stereocenters. The fourth-order valence-electron chi connectivity index (χ4n) is 12.4. The Hall–Kier alpha value is -13.8. The van der Waals surface area contributed by atoms with Gasteiger partial charge in [-0.2, -0.15) is 34.2 Å². The molecular formula is C77H36F3N11. The van der Waals surface area contributed by atoms with Crippen molar-refractivity contribution in [2.75, 3.05) is 0 Å². The van der Waals surface area contributed by atoms with Crippen LogP contribution < -0.4 is 0 Å². The average Bonchev–Trinajstić information content (AvgIpc) is 1.61. The maximum Gasteiger partial charge on any atom is 0.417 e. The molecule has 0 amide bonds. The zero-order valence-electron chi connectivity index (χ0n) is 47.6. The maximum absolute atomic E-state index is 15.4. The molecule has 11 aromatic carbocycles. The van der Waals surface area contributed by atoms with E-state index in [9.17, 15) is 21.0 Å². The molecule has 0 fully saturated rings. The average molecular weight is 1170 g/mol. The van der Waals surface area contributed by atoms with Crippen molar-refractivity contribution in [2.24, 2.45) is 0 Å². The number of rotatable bonds is 8. The molecule has 13 aromatic rings. The number of alkyl halides is 3. The quantitative estimate of drug-likeness (QED) is 0.140. The molecule has 2 heterocycles. The van der Waals surface area contributed by atoms with E-state index in [1.807, 2.05) is 88.0 Å². The van der Waals surface area contributed by atoms with E-state index >= 15 is 13.2 Å². The molecule has 14 heteroatoms. The van der Waals surface area contributed by atoms with E-state index in [1.165, 1.54) is 30.3 Å². The van der Waals surface area contributed by atoms with Gasteiger partial charge in [-0.15, -0.1) is 0 Å². The number of aromatic nitrogens is 2. The number of fused-ring (bicyclic) bond motifs is 6. The van der Waals surface area contributed by atoms with Crippen LogP contribution in [-0.4, -0.2) is 9.13 Å². The monoisotopic (exact) mass is 1170 g/mol. The molecule has 0 aliphatic heterocycles. The van der Waals surface area contributed by atoms with E-state index in [0.29, 0.717) is 117 Å². The lowest BCUT2D eigenvalue weighted by Gasteiger charge is -2.22. The molecule has 91 heavy (non-hydrogen) atoms. The Bertz CT molecular complexity index is 5530. The third-order valence-electron chi connectivity index (χ3n) is 16.5. The highest BCUT2D eigenvalue weighted by atomic mass is 19.4. The van der Waals surface area contributed by atoms with Crippen LogP contribution in [0.15, 0.2) is 200 Å². The third-order valence-corrected chi connectivity index (χ3v) is 16.5. The topological polar surface area (TPSA) is 127 Å². The van der Waals surface area contributed by atoms with Crippen molar-refractivity contribution in [1.82, 2.24) is 9.13 Å². The molecule has 0 saturated heterocycles. The molecular weight excluding hydrogens is 1140 g/mol. The van der Waals surface area contributed by atoms with E-state index < -0.39 is 11.7 Å². The highest BCUT2D eigenvalue weighted by molar-refractivity contribution is 6.15. The smallest absolute Gasteiger partial charge is 0.309 e. The number of hydrogen-bond donors (Lipinski definition) is 0. The summed E-state index contributed by atoms with van der Waals surface area (Å²) in [6.45, 7) is 41.7. The summed E-state index contributed by atoms with van der Waals surface area (Å²) in [4.78, 5) is 18.6. The summed E-state index contributed by atoms with van der Waals surface area (Å²) in [6.07, 6.45) is -4.76. The van der Waals surface area contributed by atoms with Crippen LogP contribution in [-0.2, 0) is 6.18 Å². The summed E-state index contributed by atoms with van der Waals surface area (Å²) in [5.41, 5.74) is 11.7. The Morgan fingerprint density at radius 2 is 0.791 bits per heavy atom. The first-order valence-corrected chi connectivity index (χ1v) is 27.9. The van der Waals surface area contributed by atoms with Gasteiger partial charge in [0.2, 0.25) is 0 Å². The number of benzene rings is 11. The van der Waals surface area contributed by atoms with Crippen molar-refractivity contribution in [3.63, 3.8) is 0 Å². The standard InChI is InChI=1S/C77H36F3N11/c1-44-8-7-9-67(77(78,79)80)76(44)51-12-22-61(75(37-51)91-72-26-14-48(58-23-17-54(85-2)32-53(58)43-84)34-63(72)65-36-50(16-28-73(65)91)60-24-18-56(87-4)39-69(60)89-6)66-38-55(86-3)19-29-74(66)90-70-25-13-47(57-20-10-45(40-81)30-52(57)42-83)33-62(70)64-35-49(15-27-71(64)90)59-21-11-46(41-82)31-68(59)88-5/h7-39H,1H3. The molecule has 0 saturated carbocycles. The molecule has 2 aromatic heterocycles. The minimum Gasteiger partial charge on any atom is -0.309 e. The van der Waals surface area contributed by atoms with Gasteiger partial charge in [0.15, 0.2) is 28.4 Å². The lowest BCUT2D eigenvalue weighted by molar-refractivity contribution is -0.137. The van der Waals surface area contributed by atoms with E-state index in [-0.39, 0.29) is 50.7 Å². The van der Waals surface area contributed by atoms with Gasteiger partial charge in [-0.1, -0.05) is 97.1 Å². The van der Waals surface area contributed by atoms with Gasteiger partial charge in [0, 0.05) is 38.2 Å². The number of nitriles is 4. The Kier molecular flexibility index (Phi) is 13.8. The van der Waals surface area contributed by atoms with Crippen molar-refractivity contribution < 1.29 is 13.2 Å². The van der Waals surface area contributed by atoms with Crippen molar-refractivity contribution in [2.45, 2.75) is 13.1 Å². The summed E-state index contributed by atoms with van der Waals surface area (Å²) in [6, 6.07) is 65.7. The largest absolute Gasteiger partial charge is 0.417 e. The minimum atomic E-state index is -4.76. The van der Waals surface area contributed by atoms with Crippen LogP contribution in [0.2, 0.25) is 0 Å². The number of hydrogen-bond acceptors (Lipinski definition) is 4. The predicted molar refractivity (Wildman–Crippen MR) is 348 cm³/mol.